The van der Waals surface area contributed by atoms with Crippen molar-refractivity contribution in [2.75, 3.05) is 10.6 Å². The fraction of sp³-hybridized carbons (Fsp3) is 0.227. The molecule has 160 valence electrons. The minimum atomic E-state index is -4.79. The number of benzene rings is 2. The number of hydrogen-bond acceptors (Lipinski definition) is 6. The predicted octanol–water partition coefficient (Wildman–Crippen LogP) is 5.87. The van der Waals surface area contributed by atoms with Crippen LogP contribution in [-0.2, 0) is 0 Å². The van der Waals surface area contributed by atoms with Gasteiger partial charge in [0.15, 0.2) is 0 Å². The van der Waals surface area contributed by atoms with Crippen molar-refractivity contribution < 1.29 is 17.9 Å². The number of halogens is 3. The number of nitrogens with zero attached hydrogens (tertiary/aromatic N) is 3. The first-order valence-electron chi connectivity index (χ1n) is 9.55. The van der Waals surface area contributed by atoms with Gasteiger partial charge >= 0.3 is 6.36 Å². The second-order valence-corrected chi connectivity index (χ2v) is 6.77. The van der Waals surface area contributed by atoms with Crippen molar-refractivity contribution in [3.05, 3.63) is 60.2 Å². The molecular formula is C22H20F3N5O. The van der Waals surface area contributed by atoms with E-state index in [0.717, 1.165) is 6.42 Å². The van der Waals surface area contributed by atoms with E-state index in [1.165, 1.54) is 18.2 Å². The molecule has 0 unspecified atom stereocenters. The van der Waals surface area contributed by atoms with Crippen LogP contribution < -0.4 is 15.4 Å². The molecule has 0 aliphatic carbocycles. The van der Waals surface area contributed by atoms with Crippen LogP contribution in [0, 0.1) is 11.3 Å². The Labute approximate surface area is 177 Å². The average Bonchev–Trinajstić information content (AvgIpc) is 2.73. The maximum absolute atomic E-state index is 12.6. The quantitative estimate of drug-likeness (QED) is 0.491. The Morgan fingerprint density at radius 2 is 1.87 bits per heavy atom. The van der Waals surface area contributed by atoms with E-state index >= 15 is 0 Å². The van der Waals surface area contributed by atoms with E-state index in [1.807, 2.05) is 13.8 Å². The molecule has 1 aromatic heterocycles. The highest BCUT2D eigenvalue weighted by Gasteiger charge is 2.31. The van der Waals surface area contributed by atoms with Crippen LogP contribution in [0.2, 0.25) is 0 Å². The van der Waals surface area contributed by atoms with Crippen LogP contribution in [0.3, 0.4) is 0 Å². The number of anilines is 3. The van der Waals surface area contributed by atoms with Crippen molar-refractivity contribution >= 4 is 17.5 Å². The molecule has 3 aromatic rings. The van der Waals surface area contributed by atoms with E-state index in [4.69, 9.17) is 0 Å². The van der Waals surface area contributed by atoms with Crippen molar-refractivity contribution in [2.45, 2.75) is 32.7 Å². The third-order valence-corrected chi connectivity index (χ3v) is 4.39. The van der Waals surface area contributed by atoms with Gasteiger partial charge in [-0.2, -0.15) is 10.2 Å². The van der Waals surface area contributed by atoms with Gasteiger partial charge in [0.2, 0.25) is 5.95 Å². The maximum Gasteiger partial charge on any atom is 0.573 e. The number of aromatic nitrogens is 2. The predicted molar refractivity (Wildman–Crippen MR) is 112 cm³/mol. The lowest BCUT2D eigenvalue weighted by atomic mass is 10.1. The van der Waals surface area contributed by atoms with Crippen LogP contribution in [0.15, 0.2) is 54.6 Å². The standard InChI is InChI=1S/C22H20F3N5O/c1-3-14(2)27-21-29-19(15-8-6-9-17(11-15)31-22(23,24)25)12-20(30-21)28-18-10-5-4-7-16(18)13-26/h4-12,14H,3H2,1-2H3,(H2,27,28,29,30)/t14-/m0/s1. The van der Waals surface area contributed by atoms with E-state index in [1.54, 1.807) is 36.4 Å². The van der Waals surface area contributed by atoms with Crippen LogP contribution in [-0.4, -0.2) is 22.4 Å². The first-order chi connectivity index (χ1) is 14.8. The topological polar surface area (TPSA) is 82.9 Å². The molecule has 1 atom stereocenters. The van der Waals surface area contributed by atoms with Crippen LogP contribution in [0.5, 0.6) is 5.75 Å². The number of rotatable bonds is 7. The van der Waals surface area contributed by atoms with E-state index in [0.29, 0.717) is 34.3 Å². The normalized spacial score (nSPS) is 12.0. The Morgan fingerprint density at radius 1 is 1.10 bits per heavy atom. The molecule has 1 heterocycles. The lowest BCUT2D eigenvalue weighted by Gasteiger charge is -2.15. The van der Waals surface area contributed by atoms with Gasteiger partial charge in [-0.05, 0) is 37.6 Å². The molecule has 0 aliphatic rings. The molecule has 0 bridgehead atoms. The molecule has 0 fully saturated rings. The van der Waals surface area contributed by atoms with Crippen molar-refractivity contribution in [3.8, 4) is 23.1 Å². The maximum atomic E-state index is 12.6. The van der Waals surface area contributed by atoms with E-state index in [-0.39, 0.29) is 11.8 Å². The van der Waals surface area contributed by atoms with Crippen molar-refractivity contribution in [2.24, 2.45) is 0 Å². The SMILES string of the molecule is CC[C@H](C)Nc1nc(Nc2ccccc2C#N)cc(-c2cccc(OC(F)(F)F)c2)n1. The Balaban J connectivity index is 2.02. The second kappa shape index (κ2) is 9.34. The molecular weight excluding hydrogens is 407 g/mol. The summed E-state index contributed by atoms with van der Waals surface area (Å²) in [5.74, 6) is 0.357. The molecule has 0 radical (unpaired) electrons. The largest absolute Gasteiger partial charge is 0.573 e. The van der Waals surface area contributed by atoms with Gasteiger partial charge in [0.1, 0.15) is 17.6 Å². The molecule has 0 spiro atoms. The molecule has 0 amide bonds. The van der Waals surface area contributed by atoms with Crippen LogP contribution in [0.4, 0.5) is 30.6 Å². The molecule has 0 aliphatic heterocycles. The van der Waals surface area contributed by atoms with E-state index in [2.05, 4.69) is 31.4 Å². The number of hydrogen-bond donors (Lipinski definition) is 2. The summed E-state index contributed by atoms with van der Waals surface area (Å²) < 4.78 is 41.8. The van der Waals surface area contributed by atoms with Gasteiger partial charge in [0.05, 0.1) is 16.9 Å². The summed E-state index contributed by atoms with van der Waals surface area (Å²) in [6.07, 6.45) is -3.97. The van der Waals surface area contributed by atoms with Gasteiger partial charge < -0.3 is 15.4 Å². The van der Waals surface area contributed by atoms with E-state index in [9.17, 15) is 18.4 Å². The number of ether oxygens (including phenoxy) is 1. The third kappa shape index (κ3) is 6.09. The first kappa shape index (κ1) is 21.9. The summed E-state index contributed by atoms with van der Waals surface area (Å²) in [5, 5.41) is 15.6. The molecule has 2 aromatic carbocycles. The smallest absolute Gasteiger partial charge is 0.406 e. The molecule has 31 heavy (non-hydrogen) atoms. The number of alkyl halides is 3. The highest BCUT2D eigenvalue weighted by molar-refractivity contribution is 5.70. The molecule has 0 saturated heterocycles. The zero-order chi connectivity index (χ0) is 22.4. The van der Waals surface area contributed by atoms with Gasteiger partial charge in [-0.3, -0.25) is 0 Å². The Bertz CT molecular complexity index is 1090. The molecule has 2 N–H and O–H groups in total. The van der Waals surface area contributed by atoms with Crippen molar-refractivity contribution in [3.63, 3.8) is 0 Å². The number of nitriles is 1. The summed E-state index contributed by atoms with van der Waals surface area (Å²) in [5.41, 5.74) is 1.80. The molecule has 3 rings (SSSR count). The summed E-state index contributed by atoms with van der Waals surface area (Å²) >= 11 is 0. The summed E-state index contributed by atoms with van der Waals surface area (Å²) in [4.78, 5) is 8.89. The van der Waals surface area contributed by atoms with Gasteiger partial charge in [-0.15, -0.1) is 13.2 Å². The highest BCUT2D eigenvalue weighted by Crippen LogP contribution is 2.29. The van der Waals surface area contributed by atoms with Crippen LogP contribution in [0.25, 0.3) is 11.3 Å². The van der Waals surface area contributed by atoms with Gasteiger partial charge in [0.25, 0.3) is 0 Å². The van der Waals surface area contributed by atoms with Crippen molar-refractivity contribution in [1.29, 1.82) is 5.26 Å². The summed E-state index contributed by atoms with van der Waals surface area (Å²) in [6, 6.07) is 16.3. The van der Waals surface area contributed by atoms with Crippen LogP contribution in [0.1, 0.15) is 25.8 Å². The van der Waals surface area contributed by atoms with Crippen LogP contribution >= 0.6 is 0 Å². The lowest BCUT2D eigenvalue weighted by molar-refractivity contribution is -0.274. The Hall–Kier alpha value is -3.80. The minimum Gasteiger partial charge on any atom is -0.406 e. The molecule has 9 heteroatoms. The second-order valence-electron chi connectivity index (χ2n) is 6.77. The van der Waals surface area contributed by atoms with Gasteiger partial charge in [-0.1, -0.05) is 31.2 Å². The number of para-hydroxylation sites is 1. The fourth-order valence-electron chi connectivity index (χ4n) is 2.73. The van der Waals surface area contributed by atoms with Gasteiger partial charge in [0, 0.05) is 17.7 Å². The fourth-order valence-corrected chi connectivity index (χ4v) is 2.73. The van der Waals surface area contributed by atoms with Crippen molar-refractivity contribution in [1.82, 2.24) is 9.97 Å². The van der Waals surface area contributed by atoms with Gasteiger partial charge in [-0.25, -0.2) is 4.98 Å². The highest BCUT2D eigenvalue weighted by atomic mass is 19.4. The first-order valence-corrected chi connectivity index (χ1v) is 9.55. The number of nitrogens with one attached hydrogen (secondary N) is 2. The monoisotopic (exact) mass is 427 g/mol. The molecule has 6 nitrogen and oxygen atoms in total. The average molecular weight is 427 g/mol. The lowest BCUT2D eigenvalue weighted by Crippen LogP contribution is -2.17. The Kier molecular flexibility index (Phi) is 6.60. The zero-order valence-electron chi connectivity index (χ0n) is 16.9. The Morgan fingerprint density at radius 3 is 2.58 bits per heavy atom. The summed E-state index contributed by atoms with van der Waals surface area (Å²) in [6.45, 7) is 3.97. The minimum absolute atomic E-state index is 0.0781. The zero-order valence-corrected chi connectivity index (χ0v) is 16.9. The van der Waals surface area contributed by atoms with E-state index < -0.39 is 6.36 Å². The third-order valence-electron chi connectivity index (χ3n) is 4.39. The molecule has 0 saturated carbocycles. The summed E-state index contributed by atoms with van der Waals surface area (Å²) in [7, 11) is 0.